The fourth-order valence-corrected chi connectivity index (χ4v) is 3.27. The van der Waals surface area contributed by atoms with Gasteiger partial charge in [-0.05, 0) is 46.1 Å². The number of furan rings is 1. The number of halogens is 1. The zero-order valence-corrected chi connectivity index (χ0v) is 20.1. The number of aryl methyl sites for hydroxylation is 1. The molecule has 160 valence electrons. The van der Waals surface area contributed by atoms with Crippen molar-refractivity contribution in [1.29, 1.82) is 0 Å². The van der Waals surface area contributed by atoms with E-state index in [9.17, 15) is 4.79 Å². The summed E-state index contributed by atoms with van der Waals surface area (Å²) in [6.07, 6.45) is 2.31. The normalized spacial score (nSPS) is 20.1. The smallest absolute Gasteiger partial charge is 0.287 e. The third-order valence-electron chi connectivity index (χ3n) is 5.00. The first-order chi connectivity index (χ1) is 12.9. The predicted molar refractivity (Wildman–Crippen MR) is 125 cm³/mol. The van der Waals surface area contributed by atoms with Crippen LogP contribution in [0.5, 0.6) is 0 Å². The zero-order chi connectivity index (χ0) is 19.8. The van der Waals surface area contributed by atoms with E-state index in [0.717, 1.165) is 37.6 Å². The molecule has 2 atom stereocenters. The highest BCUT2D eigenvalue weighted by Crippen LogP contribution is 2.18. The Kier molecular flexibility index (Phi) is 10.9. The van der Waals surface area contributed by atoms with Crippen molar-refractivity contribution in [1.82, 2.24) is 20.9 Å². The van der Waals surface area contributed by atoms with Gasteiger partial charge in [0, 0.05) is 50.4 Å². The fraction of sp³-hybridized carbons (Fsp3) is 0.700. The van der Waals surface area contributed by atoms with Crippen LogP contribution < -0.4 is 16.0 Å². The van der Waals surface area contributed by atoms with Crippen LogP contribution in [-0.2, 0) is 0 Å². The maximum Gasteiger partial charge on any atom is 0.287 e. The highest BCUT2D eigenvalue weighted by atomic mass is 127. The Hall–Kier alpha value is -1.29. The first kappa shape index (κ1) is 24.7. The van der Waals surface area contributed by atoms with Crippen LogP contribution in [0.1, 0.15) is 50.2 Å². The monoisotopic (exact) mass is 505 g/mol. The van der Waals surface area contributed by atoms with E-state index in [2.05, 4.69) is 53.5 Å². The fourth-order valence-electron chi connectivity index (χ4n) is 3.27. The van der Waals surface area contributed by atoms with Crippen LogP contribution in [0.15, 0.2) is 21.7 Å². The van der Waals surface area contributed by atoms with Crippen LogP contribution in [0.2, 0.25) is 0 Å². The highest BCUT2D eigenvalue weighted by Gasteiger charge is 2.31. The van der Waals surface area contributed by atoms with Gasteiger partial charge in [0.1, 0.15) is 0 Å². The average Bonchev–Trinajstić information content (AvgIpc) is 3.20. The summed E-state index contributed by atoms with van der Waals surface area (Å²) < 4.78 is 5.20. The van der Waals surface area contributed by atoms with Crippen molar-refractivity contribution in [3.05, 3.63) is 23.7 Å². The van der Waals surface area contributed by atoms with Gasteiger partial charge in [-0.1, -0.05) is 6.92 Å². The maximum atomic E-state index is 12.0. The standard InChI is InChI=1S/C20H35N5O2.HI/c1-6-21-20(24-17-13-25(14(2)3)12-16(17)5)23-10-7-9-22-19(26)18-15(4)8-11-27-18;/h8,11,14,16-17H,6-7,9-10,12-13H2,1-5H3,(H,22,26)(H2,21,23,24);1H. The van der Waals surface area contributed by atoms with E-state index in [4.69, 9.17) is 4.42 Å². The van der Waals surface area contributed by atoms with Gasteiger partial charge in [0.25, 0.3) is 5.91 Å². The number of aliphatic imine (C=N–C) groups is 1. The molecule has 7 nitrogen and oxygen atoms in total. The Labute approximate surface area is 186 Å². The zero-order valence-electron chi connectivity index (χ0n) is 17.7. The molecule has 0 aromatic carbocycles. The third kappa shape index (κ3) is 7.27. The molecule has 0 aliphatic carbocycles. The van der Waals surface area contributed by atoms with E-state index in [-0.39, 0.29) is 29.9 Å². The van der Waals surface area contributed by atoms with E-state index in [1.807, 2.05) is 6.92 Å². The van der Waals surface area contributed by atoms with Gasteiger partial charge in [0.05, 0.1) is 6.26 Å². The van der Waals surface area contributed by atoms with Crippen LogP contribution in [0, 0.1) is 12.8 Å². The molecule has 1 aliphatic heterocycles. The van der Waals surface area contributed by atoms with E-state index < -0.39 is 0 Å². The summed E-state index contributed by atoms with van der Waals surface area (Å²) >= 11 is 0. The average molecular weight is 505 g/mol. The van der Waals surface area contributed by atoms with Gasteiger partial charge in [-0.3, -0.25) is 14.7 Å². The van der Waals surface area contributed by atoms with E-state index >= 15 is 0 Å². The molecule has 1 aliphatic rings. The second-order valence-corrected chi connectivity index (χ2v) is 7.58. The number of carbonyl (C=O) groups excluding carboxylic acids is 1. The van der Waals surface area contributed by atoms with Crippen molar-refractivity contribution in [2.75, 3.05) is 32.7 Å². The SMILES string of the molecule is CCNC(=NCCCNC(=O)c1occc1C)NC1CN(C(C)C)CC1C.I. The summed E-state index contributed by atoms with van der Waals surface area (Å²) in [5.41, 5.74) is 0.852. The van der Waals surface area contributed by atoms with Crippen LogP contribution >= 0.6 is 24.0 Å². The van der Waals surface area contributed by atoms with E-state index in [1.165, 1.54) is 6.26 Å². The molecule has 1 fully saturated rings. The molecule has 1 aromatic rings. The topological polar surface area (TPSA) is 81.9 Å². The minimum Gasteiger partial charge on any atom is -0.459 e. The second-order valence-electron chi connectivity index (χ2n) is 7.58. The van der Waals surface area contributed by atoms with Gasteiger partial charge >= 0.3 is 0 Å². The number of likely N-dealkylation sites (tertiary alicyclic amines) is 1. The van der Waals surface area contributed by atoms with Gasteiger partial charge in [-0.25, -0.2) is 0 Å². The van der Waals surface area contributed by atoms with Crippen molar-refractivity contribution >= 4 is 35.8 Å². The number of hydrogen-bond donors (Lipinski definition) is 3. The van der Waals surface area contributed by atoms with Gasteiger partial charge in [-0.15, -0.1) is 24.0 Å². The molecule has 2 heterocycles. The van der Waals surface area contributed by atoms with Gasteiger partial charge in [0.15, 0.2) is 11.7 Å². The molecule has 0 bridgehead atoms. The summed E-state index contributed by atoms with van der Waals surface area (Å²) in [4.78, 5) is 19.2. The molecule has 1 saturated heterocycles. The Bertz CT molecular complexity index is 632. The number of guanidine groups is 1. The van der Waals surface area contributed by atoms with Crippen molar-refractivity contribution in [3.63, 3.8) is 0 Å². The summed E-state index contributed by atoms with van der Waals surface area (Å²) in [6.45, 7) is 14.9. The number of nitrogens with one attached hydrogen (secondary N) is 3. The van der Waals surface area contributed by atoms with Crippen molar-refractivity contribution < 1.29 is 9.21 Å². The summed E-state index contributed by atoms with van der Waals surface area (Å²) in [5, 5.41) is 9.78. The molecule has 8 heteroatoms. The minimum atomic E-state index is -0.167. The molecule has 28 heavy (non-hydrogen) atoms. The predicted octanol–water partition coefficient (Wildman–Crippen LogP) is 2.61. The van der Waals surface area contributed by atoms with Gasteiger partial charge < -0.3 is 20.4 Å². The van der Waals surface area contributed by atoms with Crippen molar-refractivity contribution in [2.24, 2.45) is 10.9 Å². The van der Waals surface area contributed by atoms with Gasteiger partial charge in [0.2, 0.25) is 0 Å². The number of amides is 1. The second kappa shape index (κ2) is 12.3. The minimum absolute atomic E-state index is 0. The largest absolute Gasteiger partial charge is 0.459 e. The number of rotatable bonds is 8. The Morgan fingerprint density at radius 1 is 1.36 bits per heavy atom. The molecule has 2 rings (SSSR count). The van der Waals surface area contributed by atoms with Crippen molar-refractivity contribution in [3.8, 4) is 0 Å². The van der Waals surface area contributed by atoms with Crippen LogP contribution in [-0.4, -0.2) is 61.6 Å². The number of nitrogens with zero attached hydrogens (tertiary/aromatic N) is 2. The van der Waals surface area contributed by atoms with E-state index in [1.54, 1.807) is 6.07 Å². The van der Waals surface area contributed by atoms with E-state index in [0.29, 0.717) is 36.9 Å². The Morgan fingerprint density at radius 3 is 2.68 bits per heavy atom. The van der Waals surface area contributed by atoms with Crippen LogP contribution in [0.3, 0.4) is 0 Å². The lowest BCUT2D eigenvalue weighted by molar-refractivity contribution is 0.0925. The molecule has 1 aromatic heterocycles. The lowest BCUT2D eigenvalue weighted by atomic mass is 10.1. The molecule has 0 spiro atoms. The first-order valence-corrected chi connectivity index (χ1v) is 10.0. The summed E-state index contributed by atoms with van der Waals surface area (Å²) in [7, 11) is 0. The first-order valence-electron chi connectivity index (χ1n) is 10.0. The van der Waals surface area contributed by atoms with Crippen molar-refractivity contribution in [2.45, 2.75) is 53.1 Å². The molecule has 0 radical (unpaired) electrons. The molecule has 1 amide bonds. The molecule has 2 unspecified atom stereocenters. The number of hydrogen-bond acceptors (Lipinski definition) is 4. The maximum absolute atomic E-state index is 12.0. The summed E-state index contributed by atoms with van der Waals surface area (Å²) in [6, 6.07) is 2.77. The molecule has 0 saturated carbocycles. The van der Waals surface area contributed by atoms with Crippen LogP contribution in [0.4, 0.5) is 0 Å². The third-order valence-corrected chi connectivity index (χ3v) is 5.00. The highest BCUT2D eigenvalue weighted by molar-refractivity contribution is 14.0. The Morgan fingerprint density at radius 2 is 2.11 bits per heavy atom. The number of carbonyl (C=O) groups is 1. The molecule has 3 N–H and O–H groups in total. The lowest BCUT2D eigenvalue weighted by Gasteiger charge is -2.22. The Balaban J connectivity index is 0.00000392. The molecular formula is C20H36IN5O2. The quantitative estimate of drug-likeness (QED) is 0.219. The van der Waals surface area contributed by atoms with Gasteiger partial charge in [-0.2, -0.15) is 0 Å². The summed E-state index contributed by atoms with van der Waals surface area (Å²) in [5.74, 6) is 1.67. The molecular weight excluding hydrogens is 469 g/mol. The van der Waals surface area contributed by atoms with Crippen LogP contribution in [0.25, 0.3) is 0 Å². The lowest BCUT2D eigenvalue weighted by Crippen LogP contribution is -2.47.